The second kappa shape index (κ2) is 12.5. The lowest BCUT2D eigenvalue weighted by Crippen LogP contribution is -2.49. The van der Waals surface area contributed by atoms with Gasteiger partial charge >= 0.3 is 12.1 Å². The number of nitrogens with two attached hydrogens (primary N) is 1. The van der Waals surface area contributed by atoms with Crippen LogP contribution in [0.15, 0.2) is 97.1 Å². The van der Waals surface area contributed by atoms with Crippen molar-refractivity contribution >= 4 is 18.0 Å². The molecule has 0 saturated heterocycles. The van der Waals surface area contributed by atoms with Crippen LogP contribution in [0.5, 0.6) is 0 Å². The fourth-order valence-electron chi connectivity index (χ4n) is 5.06. The summed E-state index contributed by atoms with van der Waals surface area (Å²) < 4.78 is 10.4. The van der Waals surface area contributed by atoms with E-state index in [9.17, 15) is 14.4 Å². The van der Waals surface area contributed by atoms with E-state index in [4.69, 9.17) is 15.2 Å². The van der Waals surface area contributed by atoms with E-state index in [0.717, 1.165) is 38.9 Å². The summed E-state index contributed by atoms with van der Waals surface area (Å²) in [5.41, 5.74) is 13.4. The summed E-state index contributed by atoms with van der Waals surface area (Å²) in [4.78, 5) is 37.9. The Bertz CT molecular complexity index is 1500. The Kier molecular flexibility index (Phi) is 8.41. The van der Waals surface area contributed by atoms with Crippen LogP contribution in [0.1, 0.15) is 33.0 Å². The predicted octanol–water partition coefficient (Wildman–Crippen LogP) is 4.62. The Labute approximate surface area is 238 Å². The van der Waals surface area contributed by atoms with Gasteiger partial charge in [0.25, 0.3) is 5.91 Å². The van der Waals surface area contributed by atoms with Crippen LogP contribution in [-0.2, 0) is 20.8 Å². The van der Waals surface area contributed by atoms with Crippen molar-refractivity contribution in [2.75, 3.05) is 20.3 Å². The third kappa shape index (κ3) is 6.13. The molecule has 0 radical (unpaired) electrons. The van der Waals surface area contributed by atoms with Gasteiger partial charge in [0.2, 0.25) is 0 Å². The number of esters is 1. The van der Waals surface area contributed by atoms with Gasteiger partial charge in [0, 0.05) is 18.0 Å². The highest BCUT2D eigenvalue weighted by Gasteiger charge is 2.29. The van der Waals surface area contributed by atoms with Crippen molar-refractivity contribution in [2.24, 2.45) is 5.73 Å². The SMILES string of the molecule is COC(=O)[C@H](CNC(=O)OCC1c2ccccc2-c2ccccc21)NC(=O)c1ccc(-c2ccc(CN)cc2)cc1. The van der Waals surface area contributed by atoms with Crippen LogP contribution >= 0.6 is 0 Å². The molecule has 0 aromatic heterocycles. The number of fused-ring (bicyclic) bond motifs is 3. The van der Waals surface area contributed by atoms with E-state index in [0.29, 0.717) is 12.1 Å². The molecule has 4 N–H and O–H groups in total. The van der Waals surface area contributed by atoms with Crippen molar-refractivity contribution in [3.8, 4) is 22.3 Å². The number of amides is 2. The standard InChI is InChI=1S/C33H31N3O5/c1-40-32(38)30(36-31(37)24-16-14-23(15-17-24)22-12-10-21(18-34)11-13-22)19-35-33(39)41-20-29-27-8-4-2-6-25(27)26-7-3-5-9-28(26)29/h2-17,29-30H,18-20,34H2,1H3,(H,35,39)(H,36,37)/t30-/m0/s1. The highest BCUT2D eigenvalue weighted by atomic mass is 16.5. The van der Waals surface area contributed by atoms with Gasteiger partial charge in [-0.25, -0.2) is 9.59 Å². The van der Waals surface area contributed by atoms with E-state index >= 15 is 0 Å². The molecular weight excluding hydrogens is 518 g/mol. The molecule has 41 heavy (non-hydrogen) atoms. The van der Waals surface area contributed by atoms with Gasteiger partial charge < -0.3 is 25.8 Å². The lowest BCUT2D eigenvalue weighted by molar-refractivity contribution is -0.142. The van der Waals surface area contributed by atoms with Gasteiger partial charge in [0.1, 0.15) is 12.6 Å². The minimum absolute atomic E-state index is 0.0918. The molecule has 1 aliphatic carbocycles. The number of hydrogen-bond donors (Lipinski definition) is 3. The average molecular weight is 550 g/mol. The number of benzene rings is 4. The van der Waals surface area contributed by atoms with Gasteiger partial charge in [0.05, 0.1) is 13.7 Å². The molecule has 0 aliphatic heterocycles. The minimum Gasteiger partial charge on any atom is -0.467 e. The highest BCUT2D eigenvalue weighted by molar-refractivity contribution is 5.97. The number of alkyl carbamates (subject to hydrolysis) is 1. The molecule has 208 valence electrons. The molecule has 5 rings (SSSR count). The fourth-order valence-corrected chi connectivity index (χ4v) is 5.06. The van der Waals surface area contributed by atoms with Gasteiger partial charge in [-0.1, -0.05) is 84.9 Å². The van der Waals surface area contributed by atoms with Gasteiger partial charge in [0.15, 0.2) is 0 Å². The number of carbonyl (C=O) groups excluding carboxylic acids is 3. The predicted molar refractivity (Wildman–Crippen MR) is 156 cm³/mol. The van der Waals surface area contributed by atoms with E-state index < -0.39 is 24.0 Å². The maximum atomic E-state index is 12.9. The third-order valence-corrected chi connectivity index (χ3v) is 7.26. The zero-order valence-electron chi connectivity index (χ0n) is 22.6. The monoisotopic (exact) mass is 549 g/mol. The molecule has 4 aromatic rings. The van der Waals surface area contributed by atoms with Crippen LogP contribution in [0.25, 0.3) is 22.3 Å². The topological polar surface area (TPSA) is 120 Å². The summed E-state index contributed by atoms with van der Waals surface area (Å²) in [6, 6.07) is 29.9. The van der Waals surface area contributed by atoms with Crippen molar-refractivity contribution in [3.05, 3.63) is 119 Å². The number of methoxy groups -OCH3 is 1. The zero-order chi connectivity index (χ0) is 28.8. The Morgan fingerprint density at radius 3 is 1.93 bits per heavy atom. The summed E-state index contributed by atoms with van der Waals surface area (Å²) in [5.74, 6) is -1.25. The summed E-state index contributed by atoms with van der Waals surface area (Å²) in [6.07, 6.45) is -0.694. The summed E-state index contributed by atoms with van der Waals surface area (Å²) in [6.45, 7) is 0.411. The number of carbonyl (C=O) groups is 3. The summed E-state index contributed by atoms with van der Waals surface area (Å²) in [5, 5.41) is 5.22. The first-order chi connectivity index (χ1) is 20.0. The molecule has 0 fully saturated rings. The molecule has 1 aliphatic rings. The van der Waals surface area contributed by atoms with Gasteiger partial charge in [-0.2, -0.15) is 0 Å². The molecule has 0 spiro atoms. The molecule has 0 saturated carbocycles. The van der Waals surface area contributed by atoms with Crippen molar-refractivity contribution in [3.63, 3.8) is 0 Å². The van der Waals surface area contributed by atoms with E-state index in [1.165, 1.54) is 7.11 Å². The number of hydrogen-bond acceptors (Lipinski definition) is 6. The molecule has 0 heterocycles. The number of ether oxygens (including phenoxy) is 2. The number of rotatable bonds is 9. The third-order valence-electron chi connectivity index (χ3n) is 7.26. The van der Waals surface area contributed by atoms with Crippen LogP contribution in [0, 0.1) is 0 Å². The van der Waals surface area contributed by atoms with Gasteiger partial charge in [-0.3, -0.25) is 4.79 Å². The molecule has 8 nitrogen and oxygen atoms in total. The van der Waals surface area contributed by atoms with Gasteiger partial charge in [-0.15, -0.1) is 0 Å². The van der Waals surface area contributed by atoms with Crippen molar-refractivity contribution in [1.82, 2.24) is 10.6 Å². The first-order valence-corrected chi connectivity index (χ1v) is 13.4. The Morgan fingerprint density at radius 1 is 0.805 bits per heavy atom. The van der Waals surface area contributed by atoms with Crippen LogP contribution in [0.2, 0.25) is 0 Å². The van der Waals surface area contributed by atoms with Crippen LogP contribution in [0.4, 0.5) is 4.79 Å². The molecular formula is C33H31N3O5. The second-order valence-corrected chi connectivity index (χ2v) is 9.73. The van der Waals surface area contributed by atoms with E-state index in [-0.39, 0.29) is 19.1 Å². The Morgan fingerprint density at radius 2 is 1.37 bits per heavy atom. The Hall–Kier alpha value is -4.95. The first kappa shape index (κ1) is 27.6. The molecule has 8 heteroatoms. The molecule has 1 atom stereocenters. The largest absolute Gasteiger partial charge is 0.467 e. The highest BCUT2D eigenvalue weighted by Crippen LogP contribution is 2.44. The zero-order valence-corrected chi connectivity index (χ0v) is 22.6. The lowest BCUT2D eigenvalue weighted by Gasteiger charge is -2.18. The summed E-state index contributed by atoms with van der Waals surface area (Å²) in [7, 11) is 1.22. The Balaban J connectivity index is 1.18. The molecule has 2 amide bonds. The van der Waals surface area contributed by atoms with Crippen molar-refractivity contribution in [2.45, 2.75) is 18.5 Å². The van der Waals surface area contributed by atoms with Crippen LogP contribution < -0.4 is 16.4 Å². The molecule has 0 unspecified atom stereocenters. The van der Waals surface area contributed by atoms with Crippen molar-refractivity contribution < 1.29 is 23.9 Å². The number of nitrogens with one attached hydrogen (secondary N) is 2. The van der Waals surface area contributed by atoms with Crippen LogP contribution in [0.3, 0.4) is 0 Å². The molecule has 4 aromatic carbocycles. The first-order valence-electron chi connectivity index (χ1n) is 13.4. The van der Waals surface area contributed by atoms with Crippen LogP contribution in [-0.4, -0.2) is 44.3 Å². The average Bonchev–Trinajstić information content (AvgIpc) is 3.35. The quantitative estimate of drug-likeness (QED) is 0.262. The second-order valence-electron chi connectivity index (χ2n) is 9.73. The normalized spacial score (nSPS) is 12.5. The maximum absolute atomic E-state index is 12.9. The smallest absolute Gasteiger partial charge is 0.407 e. The van der Waals surface area contributed by atoms with E-state index in [2.05, 4.69) is 22.8 Å². The van der Waals surface area contributed by atoms with Gasteiger partial charge in [-0.05, 0) is 51.1 Å². The summed E-state index contributed by atoms with van der Waals surface area (Å²) >= 11 is 0. The minimum atomic E-state index is -1.10. The van der Waals surface area contributed by atoms with Crippen molar-refractivity contribution in [1.29, 1.82) is 0 Å². The maximum Gasteiger partial charge on any atom is 0.407 e. The van der Waals surface area contributed by atoms with E-state index in [1.54, 1.807) is 12.1 Å². The fraction of sp³-hybridized carbons (Fsp3) is 0.182. The lowest BCUT2D eigenvalue weighted by atomic mass is 9.98. The molecule has 0 bridgehead atoms. The van der Waals surface area contributed by atoms with E-state index in [1.807, 2.05) is 72.8 Å².